The van der Waals surface area contributed by atoms with Crippen molar-refractivity contribution in [2.75, 3.05) is 12.4 Å². The third-order valence-corrected chi connectivity index (χ3v) is 2.93. The maximum Gasteiger partial charge on any atom is 0.230 e. The fraction of sp³-hybridized carbons (Fsp3) is 0.462. The first-order valence-corrected chi connectivity index (χ1v) is 6.02. The average molecular weight is 240 g/mol. The summed E-state index contributed by atoms with van der Waals surface area (Å²) in [6.45, 7) is 4.50. The molecular weight excluding hydrogens is 222 g/mol. The lowest BCUT2D eigenvalue weighted by molar-refractivity contribution is -0.125. The van der Waals surface area contributed by atoms with E-state index in [-0.39, 0.29) is 5.91 Å². The Morgan fingerprint density at radius 3 is 2.50 bits per heavy atom. The van der Waals surface area contributed by atoms with Gasteiger partial charge in [-0.3, -0.25) is 4.79 Å². The lowest BCUT2D eigenvalue weighted by Crippen LogP contribution is -2.40. The minimum Gasteiger partial charge on any atom is -0.355 e. The molecule has 1 aromatic rings. The summed E-state index contributed by atoms with van der Waals surface area (Å²) in [5.41, 5.74) is 0.534. The Morgan fingerprint density at radius 1 is 1.31 bits per heavy atom. The van der Waals surface area contributed by atoms with E-state index >= 15 is 0 Å². The highest BCUT2D eigenvalue weighted by Gasteiger charge is 2.28. The third-order valence-electron chi connectivity index (χ3n) is 2.66. The van der Waals surface area contributed by atoms with Crippen LogP contribution < -0.4 is 5.32 Å². The van der Waals surface area contributed by atoms with E-state index in [2.05, 4.69) is 5.32 Å². The molecule has 0 aliphatic heterocycles. The zero-order valence-electron chi connectivity index (χ0n) is 9.79. The Hall–Kier alpha value is -1.02. The lowest BCUT2D eigenvalue weighted by Gasteiger charge is -2.24. The minimum absolute atomic E-state index is 0.0452. The second kappa shape index (κ2) is 5.90. The Kier molecular flexibility index (Phi) is 4.81. The molecule has 0 aromatic heterocycles. The standard InChI is InChI=1S/C13H18ClNO/c1-13(2,11-7-4-3-5-8-11)12(16)15-10-6-9-14/h3-5,7-8H,6,9-10H2,1-2H3,(H,15,16). The molecule has 0 saturated carbocycles. The maximum absolute atomic E-state index is 12.0. The quantitative estimate of drug-likeness (QED) is 0.621. The smallest absolute Gasteiger partial charge is 0.230 e. The van der Waals surface area contributed by atoms with Gasteiger partial charge in [0.25, 0.3) is 0 Å². The molecule has 0 aliphatic carbocycles. The number of hydrogen-bond donors (Lipinski definition) is 1. The van der Waals surface area contributed by atoms with Gasteiger partial charge < -0.3 is 5.32 Å². The first-order valence-electron chi connectivity index (χ1n) is 5.49. The number of carbonyl (C=O) groups is 1. The number of benzene rings is 1. The molecular formula is C13H18ClNO. The Balaban J connectivity index is 2.66. The van der Waals surface area contributed by atoms with Crippen LogP contribution in [0.2, 0.25) is 0 Å². The molecule has 16 heavy (non-hydrogen) atoms. The topological polar surface area (TPSA) is 29.1 Å². The van der Waals surface area contributed by atoms with Crippen molar-refractivity contribution >= 4 is 17.5 Å². The number of hydrogen-bond acceptors (Lipinski definition) is 1. The van der Waals surface area contributed by atoms with E-state index in [1.807, 2.05) is 44.2 Å². The summed E-state index contributed by atoms with van der Waals surface area (Å²) in [5, 5.41) is 2.90. The van der Waals surface area contributed by atoms with E-state index in [0.29, 0.717) is 12.4 Å². The molecule has 0 radical (unpaired) electrons. The van der Waals surface area contributed by atoms with Gasteiger partial charge in [-0.05, 0) is 25.8 Å². The predicted octanol–water partition coefficient (Wildman–Crippen LogP) is 2.71. The Morgan fingerprint density at radius 2 is 1.94 bits per heavy atom. The summed E-state index contributed by atoms with van der Waals surface area (Å²) in [7, 11) is 0. The Bertz CT molecular complexity index is 335. The molecule has 0 spiro atoms. The maximum atomic E-state index is 12.0. The first-order chi connectivity index (χ1) is 7.59. The largest absolute Gasteiger partial charge is 0.355 e. The van der Waals surface area contributed by atoms with Crippen molar-refractivity contribution < 1.29 is 4.79 Å². The molecule has 0 atom stereocenters. The summed E-state index contributed by atoms with van der Waals surface area (Å²) < 4.78 is 0. The second-order valence-electron chi connectivity index (χ2n) is 4.29. The number of carbonyl (C=O) groups excluding carboxylic acids is 1. The summed E-state index contributed by atoms with van der Waals surface area (Å²) >= 11 is 5.56. The van der Waals surface area contributed by atoms with Gasteiger partial charge >= 0.3 is 0 Å². The number of amides is 1. The molecule has 1 amide bonds. The van der Waals surface area contributed by atoms with E-state index in [1.54, 1.807) is 0 Å². The number of alkyl halides is 1. The van der Waals surface area contributed by atoms with Crippen molar-refractivity contribution in [3.63, 3.8) is 0 Å². The van der Waals surface area contributed by atoms with E-state index in [1.165, 1.54) is 0 Å². The minimum atomic E-state index is -0.492. The van der Waals surface area contributed by atoms with Crippen molar-refractivity contribution in [2.24, 2.45) is 0 Å². The summed E-state index contributed by atoms with van der Waals surface area (Å²) in [6.07, 6.45) is 0.804. The number of halogens is 1. The van der Waals surface area contributed by atoms with Crippen LogP contribution in [-0.2, 0) is 10.2 Å². The molecule has 0 bridgehead atoms. The van der Waals surface area contributed by atoms with Crippen molar-refractivity contribution in [3.05, 3.63) is 35.9 Å². The number of rotatable bonds is 5. The molecule has 0 heterocycles. The van der Waals surface area contributed by atoms with E-state index in [0.717, 1.165) is 12.0 Å². The molecule has 2 nitrogen and oxygen atoms in total. The molecule has 1 rings (SSSR count). The van der Waals surface area contributed by atoms with Crippen LogP contribution in [0.4, 0.5) is 0 Å². The molecule has 0 fully saturated rings. The fourth-order valence-electron chi connectivity index (χ4n) is 1.48. The molecule has 1 N–H and O–H groups in total. The first kappa shape index (κ1) is 13.0. The van der Waals surface area contributed by atoms with Crippen LogP contribution in [0, 0.1) is 0 Å². The van der Waals surface area contributed by atoms with Gasteiger partial charge in [-0.25, -0.2) is 0 Å². The summed E-state index contributed by atoms with van der Waals surface area (Å²) in [6, 6.07) is 9.79. The van der Waals surface area contributed by atoms with Crippen LogP contribution in [0.3, 0.4) is 0 Å². The van der Waals surface area contributed by atoms with Crippen LogP contribution >= 0.6 is 11.6 Å². The van der Waals surface area contributed by atoms with Crippen LogP contribution in [0.5, 0.6) is 0 Å². The van der Waals surface area contributed by atoms with Crippen LogP contribution in [-0.4, -0.2) is 18.3 Å². The third kappa shape index (κ3) is 3.24. The van der Waals surface area contributed by atoms with Gasteiger partial charge in [0.1, 0.15) is 0 Å². The predicted molar refractivity (Wildman–Crippen MR) is 67.8 cm³/mol. The summed E-state index contributed by atoms with van der Waals surface area (Å²) in [4.78, 5) is 12.0. The lowest BCUT2D eigenvalue weighted by atomic mass is 9.84. The van der Waals surface area contributed by atoms with E-state index < -0.39 is 5.41 Å². The van der Waals surface area contributed by atoms with E-state index in [9.17, 15) is 4.79 Å². The normalized spacial score (nSPS) is 11.2. The molecule has 0 unspecified atom stereocenters. The van der Waals surface area contributed by atoms with Gasteiger partial charge in [0.15, 0.2) is 0 Å². The van der Waals surface area contributed by atoms with Crippen LogP contribution in [0.1, 0.15) is 25.8 Å². The molecule has 88 valence electrons. The van der Waals surface area contributed by atoms with Gasteiger partial charge in [0, 0.05) is 12.4 Å². The zero-order valence-corrected chi connectivity index (χ0v) is 10.6. The molecule has 0 aliphatic rings. The van der Waals surface area contributed by atoms with Crippen molar-refractivity contribution in [1.82, 2.24) is 5.32 Å². The highest BCUT2D eigenvalue weighted by atomic mass is 35.5. The highest BCUT2D eigenvalue weighted by Crippen LogP contribution is 2.22. The van der Waals surface area contributed by atoms with Gasteiger partial charge in [-0.2, -0.15) is 0 Å². The summed E-state index contributed by atoms with van der Waals surface area (Å²) in [5.74, 6) is 0.621. The van der Waals surface area contributed by atoms with Crippen molar-refractivity contribution in [3.8, 4) is 0 Å². The molecule has 1 aromatic carbocycles. The second-order valence-corrected chi connectivity index (χ2v) is 4.67. The highest BCUT2D eigenvalue weighted by molar-refractivity contribution is 6.17. The molecule has 0 saturated heterocycles. The van der Waals surface area contributed by atoms with Crippen LogP contribution in [0.15, 0.2) is 30.3 Å². The zero-order chi connectivity index (χ0) is 12.0. The van der Waals surface area contributed by atoms with Crippen molar-refractivity contribution in [2.45, 2.75) is 25.7 Å². The average Bonchev–Trinajstić information content (AvgIpc) is 2.30. The van der Waals surface area contributed by atoms with Gasteiger partial charge in [0.05, 0.1) is 5.41 Å². The SMILES string of the molecule is CC(C)(C(=O)NCCCCl)c1ccccc1. The van der Waals surface area contributed by atoms with Crippen molar-refractivity contribution in [1.29, 1.82) is 0 Å². The van der Waals surface area contributed by atoms with Crippen LogP contribution in [0.25, 0.3) is 0 Å². The molecule has 3 heteroatoms. The van der Waals surface area contributed by atoms with E-state index in [4.69, 9.17) is 11.6 Å². The number of nitrogens with one attached hydrogen (secondary N) is 1. The Labute approximate surface area is 102 Å². The monoisotopic (exact) mass is 239 g/mol. The van der Waals surface area contributed by atoms with Gasteiger partial charge in [-0.15, -0.1) is 11.6 Å². The van der Waals surface area contributed by atoms with Gasteiger partial charge in [0.2, 0.25) is 5.91 Å². The fourth-order valence-corrected chi connectivity index (χ4v) is 1.61. The van der Waals surface area contributed by atoms with Gasteiger partial charge in [-0.1, -0.05) is 30.3 Å².